The Morgan fingerprint density at radius 3 is 2.71 bits per heavy atom. The molecule has 0 aromatic heterocycles. The van der Waals surface area contributed by atoms with Crippen molar-refractivity contribution in [3.8, 4) is 0 Å². The van der Waals surface area contributed by atoms with Crippen molar-refractivity contribution in [1.29, 1.82) is 0 Å². The van der Waals surface area contributed by atoms with E-state index in [-0.39, 0.29) is 0 Å². The standard InChI is InChI=1S/C14H16/c1-2-6-11(5-1)14-9-12-7-3-4-8-13(12)10-14/h1-2,5,9H,3-4,6-8,10H2. The van der Waals surface area contributed by atoms with Crippen molar-refractivity contribution in [2.75, 3.05) is 0 Å². The Morgan fingerprint density at radius 1 is 1.00 bits per heavy atom. The van der Waals surface area contributed by atoms with E-state index in [1.54, 1.807) is 22.3 Å². The van der Waals surface area contributed by atoms with E-state index in [9.17, 15) is 0 Å². The molecule has 0 unspecified atom stereocenters. The first-order chi connectivity index (χ1) is 6.93. The SMILES string of the molecule is C1=CCC(C2=CC3=C(CCCC3)C2)=C1. The number of allylic oxidation sites excluding steroid dienone is 8. The van der Waals surface area contributed by atoms with Crippen LogP contribution in [0.4, 0.5) is 0 Å². The molecule has 3 aliphatic carbocycles. The molecule has 72 valence electrons. The molecule has 0 N–H and O–H groups in total. The van der Waals surface area contributed by atoms with E-state index in [4.69, 9.17) is 0 Å². The molecule has 0 fully saturated rings. The second-order valence-electron chi connectivity index (χ2n) is 4.51. The van der Waals surface area contributed by atoms with Crippen LogP contribution in [0.3, 0.4) is 0 Å². The van der Waals surface area contributed by atoms with Crippen LogP contribution >= 0.6 is 0 Å². The van der Waals surface area contributed by atoms with Crippen molar-refractivity contribution in [3.05, 3.63) is 46.6 Å². The molecule has 0 nitrogen and oxygen atoms in total. The molecule has 0 saturated heterocycles. The normalized spacial score (nSPS) is 25.1. The fourth-order valence-electron chi connectivity index (χ4n) is 2.75. The van der Waals surface area contributed by atoms with Gasteiger partial charge in [0.1, 0.15) is 0 Å². The minimum atomic E-state index is 1.16. The summed E-state index contributed by atoms with van der Waals surface area (Å²) in [6, 6.07) is 0. The molecule has 14 heavy (non-hydrogen) atoms. The lowest BCUT2D eigenvalue weighted by Gasteiger charge is -2.12. The molecule has 0 heterocycles. The molecular formula is C14H16. The second-order valence-corrected chi connectivity index (χ2v) is 4.51. The summed E-state index contributed by atoms with van der Waals surface area (Å²) in [7, 11) is 0. The summed E-state index contributed by atoms with van der Waals surface area (Å²) in [4.78, 5) is 0. The lowest BCUT2D eigenvalue weighted by molar-refractivity contribution is 0.680. The topological polar surface area (TPSA) is 0 Å². The average Bonchev–Trinajstić information content (AvgIpc) is 2.86. The van der Waals surface area contributed by atoms with E-state index in [0.717, 1.165) is 6.42 Å². The number of hydrogen-bond donors (Lipinski definition) is 0. The Morgan fingerprint density at radius 2 is 1.93 bits per heavy atom. The first-order valence-electron chi connectivity index (χ1n) is 5.71. The number of rotatable bonds is 1. The first kappa shape index (κ1) is 8.28. The van der Waals surface area contributed by atoms with Crippen LogP contribution < -0.4 is 0 Å². The van der Waals surface area contributed by atoms with Gasteiger partial charge in [0.05, 0.1) is 0 Å². The lowest BCUT2D eigenvalue weighted by atomic mass is 9.93. The largest absolute Gasteiger partial charge is 0.0801 e. The van der Waals surface area contributed by atoms with Gasteiger partial charge in [-0.2, -0.15) is 0 Å². The van der Waals surface area contributed by atoms with Crippen molar-refractivity contribution >= 4 is 0 Å². The molecule has 0 bridgehead atoms. The fraction of sp³-hybridized carbons (Fsp3) is 0.429. The summed E-state index contributed by atoms with van der Waals surface area (Å²) < 4.78 is 0. The third-order valence-electron chi connectivity index (χ3n) is 3.56. The third-order valence-corrected chi connectivity index (χ3v) is 3.56. The van der Waals surface area contributed by atoms with Gasteiger partial charge in [0.15, 0.2) is 0 Å². The Hall–Kier alpha value is -1.04. The number of hydrogen-bond acceptors (Lipinski definition) is 0. The van der Waals surface area contributed by atoms with Gasteiger partial charge in [0, 0.05) is 0 Å². The molecule has 0 aromatic carbocycles. The molecule has 0 spiro atoms. The molecule has 0 aromatic rings. The lowest BCUT2D eigenvalue weighted by Crippen LogP contribution is -1.93. The third kappa shape index (κ3) is 1.30. The quantitative estimate of drug-likeness (QED) is 0.576. The van der Waals surface area contributed by atoms with Gasteiger partial charge in [-0.15, -0.1) is 0 Å². The van der Waals surface area contributed by atoms with Crippen LogP contribution in [0.5, 0.6) is 0 Å². The van der Waals surface area contributed by atoms with Crippen LogP contribution in [0, 0.1) is 0 Å². The summed E-state index contributed by atoms with van der Waals surface area (Å²) >= 11 is 0. The van der Waals surface area contributed by atoms with Crippen molar-refractivity contribution in [1.82, 2.24) is 0 Å². The molecule has 0 heteroatoms. The molecule has 3 aliphatic rings. The summed E-state index contributed by atoms with van der Waals surface area (Å²) in [6.45, 7) is 0. The van der Waals surface area contributed by atoms with E-state index in [0.29, 0.717) is 0 Å². The highest BCUT2D eigenvalue weighted by molar-refractivity contribution is 5.51. The molecular weight excluding hydrogens is 168 g/mol. The van der Waals surface area contributed by atoms with Gasteiger partial charge in [-0.25, -0.2) is 0 Å². The Bertz CT molecular complexity index is 375. The molecule has 3 rings (SSSR count). The molecule has 0 amide bonds. The zero-order valence-corrected chi connectivity index (χ0v) is 8.55. The van der Waals surface area contributed by atoms with Crippen LogP contribution in [-0.2, 0) is 0 Å². The minimum absolute atomic E-state index is 1.16. The van der Waals surface area contributed by atoms with Crippen molar-refractivity contribution in [2.24, 2.45) is 0 Å². The van der Waals surface area contributed by atoms with Crippen LogP contribution in [0.15, 0.2) is 46.6 Å². The second kappa shape index (κ2) is 3.27. The van der Waals surface area contributed by atoms with Gasteiger partial charge in [-0.3, -0.25) is 0 Å². The van der Waals surface area contributed by atoms with Gasteiger partial charge >= 0.3 is 0 Å². The Balaban J connectivity index is 1.81. The zero-order chi connectivity index (χ0) is 9.38. The smallest absolute Gasteiger partial charge is 0.00583 e. The Labute approximate surface area is 85.7 Å². The fourth-order valence-corrected chi connectivity index (χ4v) is 2.75. The average molecular weight is 184 g/mol. The van der Waals surface area contributed by atoms with Crippen molar-refractivity contribution in [2.45, 2.75) is 38.5 Å². The van der Waals surface area contributed by atoms with Gasteiger partial charge in [0.2, 0.25) is 0 Å². The van der Waals surface area contributed by atoms with Gasteiger partial charge in [0.25, 0.3) is 0 Å². The summed E-state index contributed by atoms with van der Waals surface area (Å²) in [6.07, 6.45) is 17.1. The maximum absolute atomic E-state index is 2.47. The van der Waals surface area contributed by atoms with Crippen LogP contribution in [0.1, 0.15) is 38.5 Å². The zero-order valence-electron chi connectivity index (χ0n) is 8.55. The van der Waals surface area contributed by atoms with E-state index in [1.165, 1.54) is 32.1 Å². The predicted octanol–water partition coefficient (Wildman–Crippen LogP) is 4.07. The van der Waals surface area contributed by atoms with Gasteiger partial charge in [-0.1, -0.05) is 29.9 Å². The van der Waals surface area contributed by atoms with Crippen LogP contribution in [-0.4, -0.2) is 0 Å². The monoisotopic (exact) mass is 184 g/mol. The highest BCUT2D eigenvalue weighted by Gasteiger charge is 2.20. The Kier molecular flexibility index (Phi) is 1.93. The maximum Gasteiger partial charge on any atom is -0.00583 e. The van der Waals surface area contributed by atoms with Crippen molar-refractivity contribution < 1.29 is 0 Å². The van der Waals surface area contributed by atoms with E-state index in [2.05, 4.69) is 24.3 Å². The van der Waals surface area contributed by atoms with Gasteiger partial charge < -0.3 is 0 Å². The van der Waals surface area contributed by atoms with Crippen molar-refractivity contribution in [3.63, 3.8) is 0 Å². The first-order valence-corrected chi connectivity index (χ1v) is 5.71. The van der Waals surface area contributed by atoms with E-state index < -0.39 is 0 Å². The van der Waals surface area contributed by atoms with Gasteiger partial charge in [-0.05, 0) is 55.2 Å². The molecule has 0 aliphatic heterocycles. The molecule has 0 atom stereocenters. The predicted molar refractivity (Wildman–Crippen MR) is 60.0 cm³/mol. The molecule has 0 radical (unpaired) electrons. The highest BCUT2D eigenvalue weighted by atomic mass is 14.3. The minimum Gasteiger partial charge on any atom is -0.0801 e. The highest BCUT2D eigenvalue weighted by Crippen LogP contribution is 2.39. The van der Waals surface area contributed by atoms with Crippen LogP contribution in [0.2, 0.25) is 0 Å². The van der Waals surface area contributed by atoms with E-state index in [1.807, 2.05) is 0 Å². The van der Waals surface area contributed by atoms with E-state index >= 15 is 0 Å². The maximum atomic E-state index is 2.47. The summed E-state index contributed by atoms with van der Waals surface area (Å²) in [5, 5.41) is 0. The summed E-state index contributed by atoms with van der Waals surface area (Å²) in [5.74, 6) is 0. The summed E-state index contributed by atoms with van der Waals surface area (Å²) in [5.41, 5.74) is 6.56. The van der Waals surface area contributed by atoms with Crippen LogP contribution in [0.25, 0.3) is 0 Å². The molecule has 0 saturated carbocycles.